The Morgan fingerprint density at radius 1 is 1.19 bits per heavy atom. The standard InChI is InChI=1S/C20H25ClN2O4/c21-17-3-1-14(2-4-17)18(25)22-7-5-15(6-8-22)19(26)23-9-16-10-27-13-20(16,11-23)12-24/h1-4,15-16,24H,5-13H2/t16-,20-/m0/s1. The van der Waals surface area contributed by atoms with Crippen LogP contribution in [0.25, 0.3) is 0 Å². The molecule has 0 aromatic heterocycles. The normalized spacial score (nSPS) is 28.4. The zero-order valence-corrected chi connectivity index (χ0v) is 16.0. The van der Waals surface area contributed by atoms with Gasteiger partial charge in [-0.2, -0.15) is 0 Å². The third kappa shape index (κ3) is 3.46. The number of ether oxygens (including phenoxy) is 1. The number of carbonyl (C=O) groups excluding carboxylic acids is 2. The number of halogens is 1. The van der Waals surface area contributed by atoms with Crippen molar-refractivity contribution in [2.24, 2.45) is 17.3 Å². The van der Waals surface area contributed by atoms with Gasteiger partial charge in [-0.3, -0.25) is 9.59 Å². The molecular formula is C20H25ClN2O4. The van der Waals surface area contributed by atoms with Gasteiger partial charge in [0.2, 0.25) is 5.91 Å². The first-order valence-electron chi connectivity index (χ1n) is 9.55. The lowest BCUT2D eigenvalue weighted by atomic mass is 9.82. The summed E-state index contributed by atoms with van der Waals surface area (Å²) in [6, 6.07) is 6.91. The monoisotopic (exact) mass is 392 g/mol. The highest BCUT2D eigenvalue weighted by Crippen LogP contribution is 2.41. The Hall–Kier alpha value is -1.63. The molecular weight excluding hydrogens is 368 g/mol. The van der Waals surface area contributed by atoms with Crippen LogP contribution in [0.4, 0.5) is 0 Å². The summed E-state index contributed by atoms with van der Waals surface area (Å²) in [7, 11) is 0. The molecule has 0 bridgehead atoms. The zero-order valence-electron chi connectivity index (χ0n) is 15.3. The van der Waals surface area contributed by atoms with Crippen molar-refractivity contribution in [2.45, 2.75) is 12.8 Å². The molecule has 3 fully saturated rings. The van der Waals surface area contributed by atoms with Crippen LogP contribution in [0.3, 0.4) is 0 Å². The van der Waals surface area contributed by atoms with Gasteiger partial charge in [0, 0.05) is 54.0 Å². The van der Waals surface area contributed by atoms with Gasteiger partial charge >= 0.3 is 0 Å². The van der Waals surface area contributed by atoms with Gasteiger partial charge in [-0.25, -0.2) is 0 Å². The van der Waals surface area contributed by atoms with Gasteiger partial charge in [0.25, 0.3) is 5.91 Å². The van der Waals surface area contributed by atoms with Crippen molar-refractivity contribution < 1.29 is 19.4 Å². The summed E-state index contributed by atoms with van der Waals surface area (Å²) < 4.78 is 5.52. The van der Waals surface area contributed by atoms with E-state index in [1.807, 2.05) is 9.80 Å². The fraction of sp³-hybridized carbons (Fsp3) is 0.600. The van der Waals surface area contributed by atoms with Crippen LogP contribution in [0.1, 0.15) is 23.2 Å². The minimum atomic E-state index is -0.277. The van der Waals surface area contributed by atoms with E-state index in [1.54, 1.807) is 24.3 Å². The molecule has 3 aliphatic heterocycles. The second-order valence-electron chi connectivity index (χ2n) is 8.02. The van der Waals surface area contributed by atoms with E-state index in [4.69, 9.17) is 16.3 Å². The van der Waals surface area contributed by atoms with Crippen molar-refractivity contribution >= 4 is 23.4 Å². The Labute approximate surface area is 164 Å². The van der Waals surface area contributed by atoms with Crippen molar-refractivity contribution in [3.05, 3.63) is 34.9 Å². The average molecular weight is 393 g/mol. The number of piperidine rings is 1. The van der Waals surface area contributed by atoms with Gasteiger partial charge in [0.15, 0.2) is 0 Å². The van der Waals surface area contributed by atoms with Crippen LogP contribution in [0.2, 0.25) is 5.02 Å². The lowest BCUT2D eigenvalue weighted by Crippen LogP contribution is -2.44. The summed E-state index contributed by atoms with van der Waals surface area (Å²) >= 11 is 5.88. The number of fused-ring (bicyclic) bond motifs is 1. The maximum Gasteiger partial charge on any atom is 0.253 e. The van der Waals surface area contributed by atoms with E-state index < -0.39 is 0 Å². The summed E-state index contributed by atoms with van der Waals surface area (Å²) in [4.78, 5) is 29.3. The van der Waals surface area contributed by atoms with E-state index in [0.717, 1.165) is 0 Å². The molecule has 27 heavy (non-hydrogen) atoms. The smallest absolute Gasteiger partial charge is 0.253 e. The van der Waals surface area contributed by atoms with Crippen LogP contribution in [0, 0.1) is 17.3 Å². The maximum atomic E-state index is 13.0. The minimum absolute atomic E-state index is 0.00958. The van der Waals surface area contributed by atoms with Gasteiger partial charge in [0.05, 0.1) is 19.8 Å². The van der Waals surface area contributed by atoms with Crippen molar-refractivity contribution in [3.63, 3.8) is 0 Å². The number of carbonyl (C=O) groups is 2. The molecule has 4 rings (SSSR count). The Kier molecular flexibility index (Phi) is 5.14. The minimum Gasteiger partial charge on any atom is -0.396 e. The third-order valence-corrected chi connectivity index (χ3v) is 6.62. The molecule has 0 spiro atoms. The van der Waals surface area contributed by atoms with Crippen LogP contribution in [0.15, 0.2) is 24.3 Å². The van der Waals surface area contributed by atoms with E-state index in [2.05, 4.69) is 0 Å². The molecule has 2 atom stereocenters. The first-order chi connectivity index (χ1) is 13.0. The van der Waals surface area contributed by atoms with Gasteiger partial charge in [-0.05, 0) is 37.1 Å². The number of amides is 2. The van der Waals surface area contributed by atoms with Crippen molar-refractivity contribution in [2.75, 3.05) is 46.0 Å². The van der Waals surface area contributed by atoms with E-state index in [0.29, 0.717) is 62.8 Å². The van der Waals surface area contributed by atoms with Crippen LogP contribution >= 0.6 is 11.6 Å². The second kappa shape index (κ2) is 7.41. The van der Waals surface area contributed by atoms with Crippen LogP contribution in [-0.2, 0) is 9.53 Å². The molecule has 0 radical (unpaired) electrons. The SMILES string of the molecule is O=C(c1ccc(Cl)cc1)N1CCC(C(=O)N2C[C@H]3COC[C@@]3(CO)C2)CC1. The summed E-state index contributed by atoms with van der Waals surface area (Å²) in [6.07, 6.45) is 1.36. The largest absolute Gasteiger partial charge is 0.396 e. The van der Waals surface area contributed by atoms with E-state index in [9.17, 15) is 14.7 Å². The molecule has 0 aliphatic carbocycles. The van der Waals surface area contributed by atoms with Crippen LogP contribution in [-0.4, -0.2) is 72.7 Å². The quantitative estimate of drug-likeness (QED) is 0.849. The molecule has 1 aromatic rings. The zero-order chi connectivity index (χ0) is 19.0. The molecule has 2 amide bonds. The molecule has 6 nitrogen and oxygen atoms in total. The lowest BCUT2D eigenvalue weighted by Gasteiger charge is -2.34. The summed E-state index contributed by atoms with van der Waals surface area (Å²) in [6.45, 7) is 3.65. The van der Waals surface area contributed by atoms with Gasteiger partial charge < -0.3 is 19.6 Å². The van der Waals surface area contributed by atoms with Crippen LogP contribution in [0.5, 0.6) is 0 Å². The highest BCUT2D eigenvalue weighted by Gasteiger charge is 2.52. The number of rotatable bonds is 3. The Bertz CT molecular complexity index is 717. The molecule has 0 unspecified atom stereocenters. The second-order valence-corrected chi connectivity index (χ2v) is 8.46. The van der Waals surface area contributed by atoms with Gasteiger partial charge in [-0.15, -0.1) is 0 Å². The fourth-order valence-corrected chi connectivity index (χ4v) is 4.71. The van der Waals surface area contributed by atoms with E-state index >= 15 is 0 Å². The van der Waals surface area contributed by atoms with E-state index in [1.165, 1.54) is 0 Å². The number of hydrogen-bond acceptors (Lipinski definition) is 4. The number of aliphatic hydroxyl groups excluding tert-OH is 1. The molecule has 3 aliphatic rings. The average Bonchev–Trinajstić information content (AvgIpc) is 3.25. The number of likely N-dealkylation sites (tertiary alicyclic amines) is 2. The Morgan fingerprint density at radius 3 is 2.52 bits per heavy atom. The van der Waals surface area contributed by atoms with Crippen LogP contribution < -0.4 is 0 Å². The first-order valence-corrected chi connectivity index (χ1v) is 9.92. The highest BCUT2D eigenvalue weighted by atomic mass is 35.5. The van der Waals surface area contributed by atoms with Crippen molar-refractivity contribution in [3.8, 4) is 0 Å². The molecule has 146 valence electrons. The fourth-order valence-electron chi connectivity index (χ4n) is 4.59. The molecule has 3 heterocycles. The van der Waals surface area contributed by atoms with Gasteiger partial charge in [-0.1, -0.05) is 11.6 Å². The van der Waals surface area contributed by atoms with E-state index in [-0.39, 0.29) is 35.7 Å². The number of benzene rings is 1. The number of nitrogens with zero attached hydrogens (tertiary/aromatic N) is 2. The Morgan fingerprint density at radius 2 is 1.89 bits per heavy atom. The molecule has 1 aromatic carbocycles. The molecule has 7 heteroatoms. The molecule has 0 saturated carbocycles. The number of aliphatic hydroxyl groups is 1. The molecule has 1 N–H and O–H groups in total. The summed E-state index contributed by atoms with van der Waals surface area (Å²) in [5, 5.41) is 10.4. The third-order valence-electron chi connectivity index (χ3n) is 6.37. The van der Waals surface area contributed by atoms with Gasteiger partial charge in [0.1, 0.15) is 0 Å². The van der Waals surface area contributed by atoms with Crippen molar-refractivity contribution in [1.29, 1.82) is 0 Å². The topological polar surface area (TPSA) is 70.1 Å². The van der Waals surface area contributed by atoms with Crippen molar-refractivity contribution in [1.82, 2.24) is 9.80 Å². The predicted octanol–water partition coefficient (Wildman–Crippen LogP) is 1.66. The highest BCUT2D eigenvalue weighted by molar-refractivity contribution is 6.30. The first kappa shape index (κ1) is 18.7. The maximum absolute atomic E-state index is 13.0. The molecule has 3 saturated heterocycles. The summed E-state index contributed by atoms with van der Waals surface area (Å²) in [5.74, 6) is 0.341. The predicted molar refractivity (Wildman–Crippen MR) is 100 cm³/mol. The Balaban J connectivity index is 1.33. The lowest BCUT2D eigenvalue weighted by molar-refractivity contribution is -0.136. The number of hydrogen-bond donors (Lipinski definition) is 1. The summed E-state index contributed by atoms with van der Waals surface area (Å²) in [5.41, 5.74) is 0.349.